The number of ether oxygens (including phenoxy) is 1. The van der Waals surface area contributed by atoms with Crippen LogP contribution in [0.3, 0.4) is 0 Å². The maximum Gasteiger partial charge on any atom is 0.355 e. The summed E-state index contributed by atoms with van der Waals surface area (Å²) in [6, 6.07) is 0.900. The van der Waals surface area contributed by atoms with Gasteiger partial charge in [-0.15, -0.1) is 0 Å². The van der Waals surface area contributed by atoms with Crippen molar-refractivity contribution in [3.63, 3.8) is 0 Å². The summed E-state index contributed by atoms with van der Waals surface area (Å²) in [5.41, 5.74) is -0.478. The molecule has 0 unspecified atom stereocenters. The molecule has 8 nitrogen and oxygen atoms in total. The number of hydrogen-bond donors (Lipinski definition) is 3. The minimum atomic E-state index is -0.932. The summed E-state index contributed by atoms with van der Waals surface area (Å²) in [6.07, 6.45) is 7.57. The third kappa shape index (κ3) is 5.57. The van der Waals surface area contributed by atoms with Crippen LogP contribution in [0.15, 0.2) is 27.3 Å². The molecule has 0 aromatic carbocycles. The molecule has 0 saturated heterocycles. The van der Waals surface area contributed by atoms with E-state index in [1.165, 1.54) is 18.4 Å². The normalized spacial score (nSPS) is 14.0. The van der Waals surface area contributed by atoms with Gasteiger partial charge in [-0.1, -0.05) is 11.6 Å². The number of H-pyrrole nitrogens is 2. The molecule has 2 rings (SSSR count). The lowest BCUT2D eigenvalue weighted by Gasteiger charge is -2.12. The van der Waals surface area contributed by atoms with Gasteiger partial charge < -0.3 is 15.0 Å². The van der Waals surface area contributed by atoms with Gasteiger partial charge in [0, 0.05) is 12.6 Å². The highest BCUT2D eigenvalue weighted by atomic mass is 16.5. The summed E-state index contributed by atoms with van der Waals surface area (Å²) >= 11 is 0. The standard InChI is InChI=1S/C15H19N3O5/c19-12-8-11(17-15(22)18-12)14(21)23-9-13(20)16-7-6-10-4-2-1-3-5-10/h4,8H,1-3,5-7,9H2,(H,16,20)(H2,17,18,19,22). The van der Waals surface area contributed by atoms with Gasteiger partial charge in [0.15, 0.2) is 6.61 Å². The molecule has 1 aliphatic rings. The molecule has 1 amide bonds. The number of hydrogen-bond acceptors (Lipinski definition) is 5. The number of rotatable bonds is 6. The Hall–Kier alpha value is -2.64. The van der Waals surface area contributed by atoms with Gasteiger partial charge in [-0.2, -0.15) is 0 Å². The fraction of sp³-hybridized carbons (Fsp3) is 0.467. The minimum Gasteiger partial charge on any atom is -0.451 e. The molecule has 0 spiro atoms. The Morgan fingerprint density at radius 1 is 1.22 bits per heavy atom. The smallest absolute Gasteiger partial charge is 0.355 e. The molecular formula is C15H19N3O5. The molecule has 124 valence electrons. The van der Waals surface area contributed by atoms with E-state index in [-0.39, 0.29) is 5.69 Å². The number of carbonyl (C=O) groups is 2. The average molecular weight is 321 g/mol. The Morgan fingerprint density at radius 3 is 2.74 bits per heavy atom. The first-order valence-corrected chi connectivity index (χ1v) is 7.50. The van der Waals surface area contributed by atoms with Crippen molar-refractivity contribution in [1.82, 2.24) is 15.3 Å². The van der Waals surface area contributed by atoms with Gasteiger partial charge in [0.2, 0.25) is 0 Å². The second-order valence-corrected chi connectivity index (χ2v) is 5.29. The Bertz CT molecular complexity index is 688. The molecule has 1 aromatic heterocycles. The first-order valence-electron chi connectivity index (χ1n) is 7.50. The number of allylic oxidation sites excluding steroid dienone is 1. The van der Waals surface area contributed by atoms with Crippen molar-refractivity contribution in [2.24, 2.45) is 0 Å². The second kappa shape index (κ2) is 8.11. The largest absolute Gasteiger partial charge is 0.451 e. The molecule has 0 saturated carbocycles. The molecular weight excluding hydrogens is 302 g/mol. The molecule has 8 heteroatoms. The highest BCUT2D eigenvalue weighted by molar-refractivity contribution is 5.89. The van der Waals surface area contributed by atoms with Gasteiger partial charge in [0.25, 0.3) is 11.5 Å². The van der Waals surface area contributed by atoms with Gasteiger partial charge in [-0.05, 0) is 32.1 Å². The van der Waals surface area contributed by atoms with Crippen molar-refractivity contribution in [3.8, 4) is 0 Å². The van der Waals surface area contributed by atoms with Gasteiger partial charge in [-0.3, -0.25) is 14.6 Å². The molecule has 1 heterocycles. The highest BCUT2D eigenvalue weighted by Gasteiger charge is 2.12. The van der Waals surface area contributed by atoms with Crippen LogP contribution in [-0.4, -0.2) is 35.0 Å². The average Bonchev–Trinajstić information content (AvgIpc) is 2.52. The Balaban J connectivity index is 1.73. The maximum absolute atomic E-state index is 11.6. The molecule has 0 fully saturated rings. The predicted octanol–water partition coefficient (Wildman–Crippen LogP) is 0.227. The van der Waals surface area contributed by atoms with Crippen LogP contribution in [0.4, 0.5) is 0 Å². The SMILES string of the molecule is O=C(COC(=O)c1cc(=O)[nH]c(=O)[nH]1)NCCC1=CCCCC1. The van der Waals surface area contributed by atoms with Crippen LogP contribution in [0.5, 0.6) is 0 Å². The van der Waals surface area contributed by atoms with Crippen LogP contribution in [0.25, 0.3) is 0 Å². The number of amides is 1. The lowest BCUT2D eigenvalue weighted by atomic mass is 9.97. The molecule has 0 atom stereocenters. The van der Waals surface area contributed by atoms with E-state index in [2.05, 4.69) is 16.4 Å². The fourth-order valence-electron chi connectivity index (χ4n) is 2.33. The van der Waals surface area contributed by atoms with Crippen LogP contribution < -0.4 is 16.6 Å². The third-order valence-electron chi connectivity index (χ3n) is 3.47. The highest BCUT2D eigenvalue weighted by Crippen LogP contribution is 2.19. The lowest BCUT2D eigenvalue weighted by molar-refractivity contribution is -0.124. The summed E-state index contributed by atoms with van der Waals surface area (Å²) in [6.45, 7) is 0.0246. The summed E-state index contributed by atoms with van der Waals surface area (Å²) < 4.78 is 4.75. The van der Waals surface area contributed by atoms with E-state index in [9.17, 15) is 19.2 Å². The lowest BCUT2D eigenvalue weighted by Crippen LogP contribution is -2.31. The third-order valence-corrected chi connectivity index (χ3v) is 3.47. The van der Waals surface area contributed by atoms with Crippen molar-refractivity contribution in [2.75, 3.05) is 13.2 Å². The number of nitrogens with one attached hydrogen (secondary N) is 3. The van der Waals surface area contributed by atoms with Crippen molar-refractivity contribution >= 4 is 11.9 Å². The molecule has 1 aliphatic carbocycles. The fourth-order valence-corrected chi connectivity index (χ4v) is 2.33. The summed E-state index contributed by atoms with van der Waals surface area (Å²) in [4.78, 5) is 49.4. The van der Waals surface area contributed by atoms with Crippen LogP contribution in [-0.2, 0) is 9.53 Å². The van der Waals surface area contributed by atoms with E-state index in [0.717, 1.165) is 25.3 Å². The maximum atomic E-state index is 11.6. The van der Waals surface area contributed by atoms with Crippen molar-refractivity contribution < 1.29 is 14.3 Å². The number of aromatic amines is 2. The van der Waals surface area contributed by atoms with E-state index in [4.69, 9.17) is 4.74 Å². The summed E-state index contributed by atoms with van der Waals surface area (Å²) in [7, 11) is 0. The van der Waals surface area contributed by atoms with Crippen molar-refractivity contribution in [1.29, 1.82) is 0 Å². The molecule has 23 heavy (non-hydrogen) atoms. The first kappa shape index (κ1) is 16.7. The minimum absolute atomic E-state index is 0.293. The first-order chi connectivity index (χ1) is 11.0. The summed E-state index contributed by atoms with van der Waals surface area (Å²) in [5.74, 6) is -1.36. The van der Waals surface area contributed by atoms with E-state index in [1.807, 2.05) is 4.98 Å². The van der Waals surface area contributed by atoms with E-state index in [0.29, 0.717) is 6.54 Å². The second-order valence-electron chi connectivity index (χ2n) is 5.29. The van der Waals surface area contributed by atoms with Gasteiger partial charge in [0.05, 0.1) is 0 Å². The van der Waals surface area contributed by atoms with Crippen LogP contribution >= 0.6 is 0 Å². The zero-order valence-electron chi connectivity index (χ0n) is 12.6. The topological polar surface area (TPSA) is 121 Å². The van der Waals surface area contributed by atoms with Gasteiger partial charge in [-0.25, -0.2) is 9.59 Å². The Labute approximate surface area is 131 Å². The summed E-state index contributed by atoms with van der Waals surface area (Å²) in [5, 5.41) is 2.66. The number of carbonyl (C=O) groups excluding carboxylic acids is 2. The van der Waals surface area contributed by atoms with Gasteiger partial charge in [0.1, 0.15) is 5.69 Å². The van der Waals surface area contributed by atoms with Crippen molar-refractivity contribution in [2.45, 2.75) is 32.1 Å². The van der Waals surface area contributed by atoms with E-state index < -0.39 is 29.7 Å². The zero-order valence-corrected chi connectivity index (χ0v) is 12.6. The van der Waals surface area contributed by atoms with Gasteiger partial charge >= 0.3 is 11.7 Å². The molecule has 0 bridgehead atoms. The van der Waals surface area contributed by atoms with Crippen LogP contribution in [0, 0.1) is 0 Å². The Kier molecular flexibility index (Phi) is 5.90. The van der Waals surface area contributed by atoms with Crippen LogP contribution in [0.1, 0.15) is 42.6 Å². The number of esters is 1. The van der Waals surface area contributed by atoms with E-state index >= 15 is 0 Å². The molecule has 3 N–H and O–H groups in total. The predicted molar refractivity (Wildman–Crippen MR) is 82.1 cm³/mol. The molecule has 0 aliphatic heterocycles. The monoisotopic (exact) mass is 321 g/mol. The van der Waals surface area contributed by atoms with Crippen molar-refractivity contribution in [3.05, 3.63) is 44.2 Å². The van der Waals surface area contributed by atoms with E-state index in [1.54, 1.807) is 0 Å². The Morgan fingerprint density at radius 2 is 2.04 bits per heavy atom. The van der Waals surface area contributed by atoms with Crippen LogP contribution in [0.2, 0.25) is 0 Å². The zero-order chi connectivity index (χ0) is 16.7. The molecule has 0 radical (unpaired) electrons. The quantitative estimate of drug-likeness (QED) is 0.511. The number of aromatic nitrogens is 2. The molecule has 1 aromatic rings.